The molecule has 2 aromatic rings. The zero-order chi connectivity index (χ0) is 23.4. The number of carbonyl (C=O) groups is 3. The van der Waals surface area contributed by atoms with Crippen LogP contribution in [-0.2, 0) is 14.4 Å². The highest BCUT2D eigenvalue weighted by Gasteiger charge is 2.27. The molecular formula is C23H24I2O6. The summed E-state index contributed by atoms with van der Waals surface area (Å²) in [6, 6.07) is 13.6. The molecule has 31 heavy (non-hydrogen) atoms. The van der Waals surface area contributed by atoms with Crippen molar-refractivity contribution in [1.29, 1.82) is 0 Å². The molecule has 0 aliphatic heterocycles. The molecule has 0 saturated heterocycles. The van der Waals surface area contributed by atoms with Gasteiger partial charge in [-0.1, -0.05) is 69.4 Å². The van der Waals surface area contributed by atoms with Gasteiger partial charge in [0.15, 0.2) is 0 Å². The smallest absolute Gasteiger partial charge is 0.326 e. The second-order valence-electron chi connectivity index (χ2n) is 8.01. The molecule has 0 fully saturated rings. The van der Waals surface area contributed by atoms with Crippen LogP contribution < -0.4 is 9.47 Å². The highest BCUT2D eigenvalue weighted by molar-refractivity contribution is 14.1. The van der Waals surface area contributed by atoms with Crippen molar-refractivity contribution >= 4 is 63.1 Å². The van der Waals surface area contributed by atoms with Gasteiger partial charge in [0.05, 0.1) is 6.42 Å². The summed E-state index contributed by atoms with van der Waals surface area (Å²) in [5.41, 5.74) is 1.54. The number of rotatable bonds is 8. The second-order valence-corrected chi connectivity index (χ2v) is 13.4. The minimum atomic E-state index is -0.936. The van der Waals surface area contributed by atoms with Crippen LogP contribution in [0.25, 0.3) is 0 Å². The molecule has 0 unspecified atom stereocenters. The van der Waals surface area contributed by atoms with Gasteiger partial charge >= 0.3 is 17.9 Å². The maximum Gasteiger partial charge on any atom is 0.326 e. The number of halogens is 2. The number of hydrogen-bond donors (Lipinski definition) is 1. The van der Waals surface area contributed by atoms with E-state index < -0.39 is 18.7 Å². The number of carboxylic acid groups (broad SMARTS) is 1. The van der Waals surface area contributed by atoms with Crippen molar-refractivity contribution in [1.82, 2.24) is 0 Å². The van der Waals surface area contributed by atoms with E-state index in [2.05, 4.69) is 0 Å². The molecular weight excluding hydrogens is 626 g/mol. The van der Waals surface area contributed by atoms with Crippen molar-refractivity contribution in [2.75, 3.05) is 0 Å². The summed E-state index contributed by atoms with van der Waals surface area (Å²) in [6.07, 6.45) is -0.111. The zero-order valence-corrected chi connectivity index (χ0v) is 22.0. The van der Waals surface area contributed by atoms with E-state index in [1.807, 2.05) is 45.2 Å². The fourth-order valence-corrected chi connectivity index (χ4v) is 2.82. The second kappa shape index (κ2) is 10.3. The van der Waals surface area contributed by atoms with Crippen LogP contribution in [0.15, 0.2) is 48.5 Å². The Morgan fingerprint density at radius 3 is 1.35 bits per heavy atom. The lowest BCUT2D eigenvalue weighted by Crippen LogP contribution is -2.28. The largest absolute Gasteiger partial charge is 0.481 e. The van der Waals surface area contributed by atoms with Crippen molar-refractivity contribution in [2.24, 2.45) is 0 Å². The van der Waals surface area contributed by atoms with E-state index in [-0.39, 0.29) is 18.4 Å². The lowest BCUT2D eigenvalue weighted by molar-refractivity contribution is -0.137. The summed E-state index contributed by atoms with van der Waals surface area (Å²) in [6.45, 7) is 7.04. The van der Waals surface area contributed by atoms with Crippen LogP contribution in [0.1, 0.15) is 51.2 Å². The first-order valence-corrected chi connectivity index (χ1v) is 11.7. The zero-order valence-electron chi connectivity index (χ0n) is 17.6. The predicted octanol–water partition coefficient (Wildman–Crippen LogP) is 5.53. The van der Waals surface area contributed by atoms with E-state index in [1.54, 1.807) is 76.2 Å². The summed E-state index contributed by atoms with van der Waals surface area (Å²) < 4.78 is 9.43. The van der Waals surface area contributed by atoms with E-state index >= 15 is 0 Å². The fraction of sp³-hybridized carbons (Fsp3) is 0.348. The van der Waals surface area contributed by atoms with E-state index in [0.717, 1.165) is 11.1 Å². The first-order chi connectivity index (χ1) is 14.3. The van der Waals surface area contributed by atoms with Gasteiger partial charge in [-0.05, 0) is 63.1 Å². The molecule has 0 radical (unpaired) electrons. The Morgan fingerprint density at radius 2 is 1.10 bits per heavy atom. The van der Waals surface area contributed by atoms with Gasteiger partial charge in [0, 0.05) is 5.92 Å². The predicted molar refractivity (Wildman–Crippen MR) is 134 cm³/mol. The first kappa shape index (κ1) is 25.6. The quantitative estimate of drug-likeness (QED) is 0.175. The Kier molecular flexibility index (Phi) is 8.48. The summed E-state index contributed by atoms with van der Waals surface area (Å²) in [5.74, 6) is -1.26. The molecule has 0 saturated carbocycles. The minimum Gasteiger partial charge on any atom is -0.481 e. The van der Waals surface area contributed by atoms with Crippen LogP contribution in [0.2, 0.25) is 0 Å². The number of ether oxygens (including phenoxy) is 2. The van der Waals surface area contributed by atoms with Crippen molar-refractivity contribution in [2.45, 2.75) is 46.9 Å². The molecule has 0 heterocycles. The maximum absolute atomic E-state index is 12.0. The molecule has 0 bridgehead atoms. The van der Waals surface area contributed by atoms with Crippen LogP contribution in [0.3, 0.4) is 0 Å². The van der Waals surface area contributed by atoms with E-state index in [4.69, 9.17) is 9.47 Å². The third kappa shape index (κ3) is 7.74. The van der Waals surface area contributed by atoms with Gasteiger partial charge in [-0.25, -0.2) is 0 Å². The summed E-state index contributed by atoms with van der Waals surface area (Å²) in [4.78, 5) is 35.6. The molecule has 8 heteroatoms. The Balaban J connectivity index is 2.23. The fourth-order valence-electron chi connectivity index (χ4n) is 2.60. The molecule has 2 aromatic carbocycles. The Morgan fingerprint density at radius 1 is 0.774 bits per heavy atom. The van der Waals surface area contributed by atoms with Crippen LogP contribution in [0.4, 0.5) is 0 Å². The minimum absolute atomic E-state index is 0.111. The number of carbonyl (C=O) groups excluding carboxylic acids is 2. The molecule has 0 aliphatic carbocycles. The molecule has 6 nitrogen and oxygen atoms in total. The van der Waals surface area contributed by atoms with Crippen LogP contribution in [0.5, 0.6) is 11.5 Å². The average molecular weight is 650 g/mol. The molecule has 0 atom stereocenters. The van der Waals surface area contributed by atoms with E-state index in [0.29, 0.717) is 11.5 Å². The standard InChI is InChI=1S/C23H24I2O6/c1-22(2,24)20(28)30-16-9-5-14(6-10-16)18(13-19(26)27)15-7-11-17(12-8-15)31-21(29)23(3,4)25/h5-12,18H,13H2,1-4H3,(H,26,27). The van der Waals surface area contributed by atoms with Gasteiger partial charge < -0.3 is 14.6 Å². The number of benzene rings is 2. The van der Waals surface area contributed by atoms with Crippen molar-refractivity contribution in [3.05, 3.63) is 59.7 Å². The Hall–Kier alpha value is -1.69. The van der Waals surface area contributed by atoms with Gasteiger partial charge in [0.1, 0.15) is 18.3 Å². The van der Waals surface area contributed by atoms with Crippen LogP contribution in [-0.4, -0.2) is 29.9 Å². The molecule has 1 N–H and O–H groups in total. The summed E-state index contributed by atoms with van der Waals surface area (Å²) >= 11 is 4.02. The van der Waals surface area contributed by atoms with Crippen molar-refractivity contribution in [3.63, 3.8) is 0 Å². The summed E-state index contributed by atoms with van der Waals surface area (Å²) in [5, 5.41) is 9.39. The van der Waals surface area contributed by atoms with E-state index in [1.165, 1.54) is 0 Å². The highest BCUT2D eigenvalue weighted by atomic mass is 127. The molecule has 0 spiro atoms. The van der Waals surface area contributed by atoms with Crippen molar-refractivity contribution in [3.8, 4) is 11.5 Å². The number of esters is 2. The molecule has 166 valence electrons. The number of carboxylic acids is 1. The third-order valence-electron chi connectivity index (χ3n) is 4.34. The topological polar surface area (TPSA) is 89.9 Å². The molecule has 0 aliphatic rings. The summed E-state index contributed by atoms with van der Waals surface area (Å²) in [7, 11) is 0. The molecule has 0 amide bonds. The van der Waals surface area contributed by atoms with Crippen molar-refractivity contribution < 1.29 is 29.0 Å². The molecule has 2 rings (SSSR count). The maximum atomic E-state index is 12.0. The number of aliphatic carboxylic acids is 1. The van der Waals surface area contributed by atoms with E-state index in [9.17, 15) is 19.5 Å². The van der Waals surface area contributed by atoms with Gasteiger partial charge in [-0.15, -0.1) is 0 Å². The monoisotopic (exact) mass is 650 g/mol. The normalized spacial score (nSPS) is 11.8. The van der Waals surface area contributed by atoms with Crippen LogP contribution >= 0.6 is 45.2 Å². The van der Waals surface area contributed by atoms with Gasteiger partial charge in [0.25, 0.3) is 0 Å². The van der Waals surface area contributed by atoms with Crippen LogP contribution in [0, 0.1) is 0 Å². The average Bonchev–Trinajstić information content (AvgIpc) is 2.66. The Bertz CT molecular complexity index is 867. The van der Waals surface area contributed by atoms with Gasteiger partial charge in [-0.2, -0.15) is 0 Å². The SMILES string of the molecule is CC(C)(I)C(=O)Oc1ccc(C(CC(=O)O)c2ccc(OC(=O)C(C)(C)I)cc2)cc1. The third-order valence-corrected chi connectivity index (χ3v) is 5.22. The highest BCUT2D eigenvalue weighted by Crippen LogP contribution is 2.31. The molecule has 0 aromatic heterocycles. The Labute approximate surface area is 209 Å². The van der Waals surface area contributed by atoms with Gasteiger partial charge in [-0.3, -0.25) is 14.4 Å². The lowest BCUT2D eigenvalue weighted by Gasteiger charge is -2.19. The van der Waals surface area contributed by atoms with Gasteiger partial charge in [0.2, 0.25) is 0 Å². The number of alkyl halides is 2. The first-order valence-electron chi connectivity index (χ1n) is 9.51. The number of hydrogen-bond acceptors (Lipinski definition) is 5. The lowest BCUT2D eigenvalue weighted by atomic mass is 9.88.